The van der Waals surface area contributed by atoms with Gasteiger partial charge in [-0.25, -0.2) is 0 Å². The van der Waals surface area contributed by atoms with E-state index in [2.05, 4.69) is 29.8 Å². The summed E-state index contributed by atoms with van der Waals surface area (Å²) in [4.78, 5) is 23.8. The van der Waals surface area contributed by atoms with Gasteiger partial charge in [0.2, 0.25) is 0 Å². The molecule has 1 rings (SSSR count). The number of carbonyl (C=O) groups excluding carboxylic acids is 2. The van der Waals surface area contributed by atoms with Crippen LogP contribution in [0.15, 0.2) is 0 Å². The zero-order chi connectivity index (χ0) is 16.8. The van der Waals surface area contributed by atoms with Gasteiger partial charge in [0.1, 0.15) is 0 Å². The Balaban J connectivity index is 0. The number of amides is 1. The molecule has 1 unspecified atom stereocenters. The Morgan fingerprint density at radius 1 is 1.26 bits per heavy atom. The van der Waals surface area contributed by atoms with E-state index in [0.29, 0.717) is 5.92 Å². The average molecular weight is 332 g/mol. The highest BCUT2D eigenvalue weighted by atomic mass is 16.5. The first kappa shape index (κ1) is 24.1. The van der Waals surface area contributed by atoms with Crippen LogP contribution in [0.1, 0.15) is 34.1 Å². The third-order valence-corrected chi connectivity index (χ3v) is 3.36. The minimum absolute atomic E-state index is 0. The highest BCUT2D eigenvalue weighted by Gasteiger charge is 2.08. The normalized spacial score (nSPS) is 14.1. The van der Waals surface area contributed by atoms with E-state index < -0.39 is 0 Å². The van der Waals surface area contributed by atoms with Gasteiger partial charge < -0.3 is 25.6 Å². The molecule has 1 atom stereocenters. The van der Waals surface area contributed by atoms with Crippen molar-refractivity contribution in [2.75, 3.05) is 53.5 Å². The molecule has 1 saturated heterocycles. The number of hydrogen-bond acceptors (Lipinski definition) is 6. The summed E-state index contributed by atoms with van der Waals surface area (Å²) in [5.41, 5.74) is 0. The third kappa shape index (κ3) is 15.5. The molecule has 0 radical (unpaired) electrons. The maximum absolute atomic E-state index is 11.2. The lowest BCUT2D eigenvalue weighted by Gasteiger charge is -2.11. The number of carbonyl (C=O) groups is 2. The molecule has 0 spiro atoms. The lowest BCUT2D eigenvalue weighted by molar-refractivity contribution is -0.150. The highest BCUT2D eigenvalue weighted by Crippen LogP contribution is 2.03. The van der Waals surface area contributed by atoms with Crippen molar-refractivity contribution in [3.05, 3.63) is 0 Å². The molecule has 1 aliphatic rings. The van der Waals surface area contributed by atoms with Crippen molar-refractivity contribution in [2.24, 2.45) is 5.92 Å². The van der Waals surface area contributed by atoms with Crippen LogP contribution in [-0.4, -0.2) is 70.3 Å². The minimum atomic E-state index is -0.385. The molecular formula is C16H36N4O3. The van der Waals surface area contributed by atoms with Crippen molar-refractivity contribution in [3.8, 4) is 0 Å². The van der Waals surface area contributed by atoms with E-state index in [4.69, 9.17) is 4.74 Å². The summed E-state index contributed by atoms with van der Waals surface area (Å²) < 4.78 is 4.81. The molecule has 1 fully saturated rings. The highest BCUT2D eigenvalue weighted by molar-refractivity contribution is 5.80. The summed E-state index contributed by atoms with van der Waals surface area (Å²) in [5.74, 6) is 0.0659. The molecule has 3 N–H and O–H groups in total. The second kappa shape index (κ2) is 15.7. The monoisotopic (exact) mass is 332 g/mol. The number of likely N-dealkylation sites (N-methyl/N-ethyl adjacent to an activating group) is 1. The van der Waals surface area contributed by atoms with Crippen LogP contribution >= 0.6 is 0 Å². The molecule has 1 heterocycles. The van der Waals surface area contributed by atoms with Gasteiger partial charge in [0.05, 0.1) is 6.54 Å². The fraction of sp³-hybridized carbons (Fsp3) is 0.875. The number of esters is 1. The van der Waals surface area contributed by atoms with E-state index in [1.54, 1.807) is 14.1 Å². The van der Waals surface area contributed by atoms with Crippen molar-refractivity contribution < 1.29 is 14.3 Å². The predicted octanol–water partition coefficient (Wildman–Crippen LogP) is 0.416. The van der Waals surface area contributed by atoms with E-state index in [-0.39, 0.29) is 32.5 Å². The van der Waals surface area contributed by atoms with Gasteiger partial charge in [0.15, 0.2) is 6.61 Å². The molecule has 7 nitrogen and oxygen atoms in total. The average Bonchev–Trinajstić information content (AvgIpc) is 3.08. The van der Waals surface area contributed by atoms with E-state index in [0.717, 1.165) is 39.1 Å². The smallest absolute Gasteiger partial charge is 0.320 e. The van der Waals surface area contributed by atoms with Crippen LogP contribution < -0.4 is 16.0 Å². The Labute approximate surface area is 141 Å². The summed E-state index contributed by atoms with van der Waals surface area (Å²) >= 11 is 0. The standard InChI is InChI=1S/C12H24N2O3.C3H8N2.CH4/c1-5-10(2)6-7-13-8-12(16)17-9-11(15)14(3)4;1-2-5-3-4-1;/h10,13H,5-9H2,1-4H3;4-5H,1-3H2;1H4. The third-order valence-electron chi connectivity index (χ3n) is 3.36. The Morgan fingerprint density at radius 2 is 1.87 bits per heavy atom. The molecule has 0 bridgehead atoms. The molecule has 23 heavy (non-hydrogen) atoms. The van der Waals surface area contributed by atoms with E-state index in [1.165, 1.54) is 4.90 Å². The Morgan fingerprint density at radius 3 is 2.30 bits per heavy atom. The number of hydrogen-bond donors (Lipinski definition) is 3. The summed E-state index contributed by atoms with van der Waals surface area (Å²) in [6, 6.07) is 0. The largest absolute Gasteiger partial charge is 0.455 e. The Hall–Kier alpha value is -1.18. The molecule has 1 amide bonds. The van der Waals surface area contributed by atoms with Gasteiger partial charge >= 0.3 is 5.97 Å². The maximum atomic E-state index is 11.2. The first-order valence-corrected chi connectivity index (χ1v) is 7.95. The van der Waals surface area contributed by atoms with Gasteiger partial charge in [-0.05, 0) is 18.9 Å². The van der Waals surface area contributed by atoms with Crippen LogP contribution in [0.5, 0.6) is 0 Å². The van der Waals surface area contributed by atoms with Crippen molar-refractivity contribution >= 4 is 11.9 Å². The molecule has 0 aromatic carbocycles. The van der Waals surface area contributed by atoms with Gasteiger partial charge in [-0.2, -0.15) is 0 Å². The van der Waals surface area contributed by atoms with Crippen molar-refractivity contribution in [2.45, 2.75) is 34.1 Å². The van der Waals surface area contributed by atoms with Gasteiger partial charge in [0.25, 0.3) is 5.91 Å². The lowest BCUT2D eigenvalue weighted by Crippen LogP contribution is -2.31. The van der Waals surface area contributed by atoms with E-state index in [1.807, 2.05) is 0 Å². The summed E-state index contributed by atoms with van der Waals surface area (Å²) in [7, 11) is 3.25. The summed E-state index contributed by atoms with van der Waals surface area (Å²) in [6.07, 6.45) is 2.18. The predicted molar refractivity (Wildman–Crippen MR) is 94.2 cm³/mol. The minimum Gasteiger partial charge on any atom is -0.455 e. The quantitative estimate of drug-likeness (QED) is 0.441. The second-order valence-corrected chi connectivity index (χ2v) is 5.60. The van der Waals surface area contributed by atoms with Crippen LogP contribution in [0.2, 0.25) is 0 Å². The first-order chi connectivity index (χ1) is 10.5. The molecule has 0 aromatic rings. The molecule has 0 aromatic heterocycles. The summed E-state index contributed by atoms with van der Waals surface area (Å²) in [5, 5.41) is 9.23. The summed E-state index contributed by atoms with van der Waals surface area (Å²) in [6.45, 7) is 8.38. The number of ether oxygens (including phenoxy) is 1. The number of rotatable bonds is 8. The fourth-order valence-electron chi connectivity index (χ4n) is 1.51. The molecule has 0 aliphatic carbocycles. The topological polar surface area (TPSA) is 82.7 Å². The number of nitrogens with zero attached hydrogens (tertiary/aromatic N) is 1. The molecule has 0 saturated carbocycles. The fourth-order valence-corrected chi connectivity index (χ4v) is 1.51. The van der Waals surface area contributed by atoms with Crippen LogP contribution in [0.3, 0.4) is 0 Å². The SMILES string of the molecule is C.C1CNCN1.CCC(C)CCNCC(=O)OCC(=O)N(C)C. The van der Waals surface area contributed by atoms with Gasteiger partial charge in [0, 0.05) is 33.9 Å². The van der Waals surface area contributed by atoms with Crippen molar-refractivity contribution in [1.82, 2.24) is 20.9 Å². The Kier molecular flexibility index (Phi) is 16.4. The number of nitrogens with one attached hydrogen (secondary N) is 3. The second-order valence-electron chi connectivity index (χ2n) is 5.60. The zero-order valence-electron chi connectivity index (χ0n) is 14.4. The van der Waals surface area contributed by atoms with Crippen molar-refractivity contribution in [1.29, 1.82) is 0 Å². The maximum Gasteiger partial charge on any atom is 0.320 e. The zero-order valence-corrected chi connectivity index (χ0v) is 14.4. The van der Waals surface area contributed by atoms with E-state index >= 15 is 0 Å². The van der Waals surface area contributed by atoms with Gasteiger partial charge in [-0.15, -0.1) is 0 Å². The first-order valence-electron chi connectivity index (χ1n) is 7.95. The van der Waals surface area contributed by atoms with Gasteiger partial charge in [-0.3, -0.25) is 9.59 Å². The van der Waals surface area contributed by atoms with Crippen LogP contribution in [-0.2, 0) is 14.3 Å². The molecular weight excluding hydrogens is 296 g/mol. The van der Waals surface area contributed by atoms with Crippen LogP contribution in [0.4, 0.5) is 0 Å². The molecule has 138 valence electrons. The van der Waals surface area contributed by atoms with Gasteiger partial charge in [-0.1, -0.05) is 27.7 Å². The molecule has 7 heteroatoms. The molecule has 1 aliphatic heterocycles. The van der Waals surface area contributed by atoms with Crippen LogP contribution in [0, 0.1) is 5.92 Å². The Bertz CT molecular complexity index is 300. The van der Waals surface area contributed by atoms with Crippen LogP contribution in [0.25, 0.3) is 0 Å². The van der Waals surface area contributed by atoms with E-state index in [9.17, 15) is 9.59 Å². The van der Waals surface area contributed by atoms with Crippen molar-refractivity contribution in [3.63, 3.8) is 0 Å². The lowest BCUT2D eigenvalue weighted by atomic mass is 10.1.